The van der Waals surface area contributed by atoms with Crippen molar-refractivity contribution in [3.05, 3.63) is 5.73 Å². The predicted octanol–water partition coefficient (Wildman–Crippen LogP) is -0.564. The second kappa shape index (κ2) is 8.36. The average Bonchev–Trinajstić information content (AvgIpc) is 1.69. The second-order valence-corrected chi connectivity index (χ2v) is 2.18. The second-order valence-electron chi connectivity index (χ2n) is 2.18. The minimum Gasteiger partial charge on any atom is -0.666 e. The topological polar surface area (TPSA) is 40.9 Å². The van der Waals surface area contributed by atoms with E-state index >= 15 is 0 Å². The van der Waals surface area contributed by atoms with E-state index in [1.54, 1.807) is 13.8 Å². The number of Topliss-reactive ketones (excluding diaryl/α,β-unsaturated/α-hetero) is 1. The van der Waals surface area contributed by atoms with Crippen molar-refractivity contribution in [2.24, 2.45) is 0 Å². The third-order valence-corrected chi connectivity index (χ3v) is 0.880. The number of hydrogen-bond acceptors (Lipinski definition) is 1. The Kier molecular flexibility index (Phi) is 14.5. The van der Waals surface area contributed by atoms with Crippen LogP contribution in [0, 0.1) is 0 Å². The van der Waals surface area contributed by atoms with Crippen molar-refractivity contribution in [2.75, 3.05) is 0 Å². The van der Waals surface area contributed by atoms with Gasteiger partial charge in [-0.25, -0.2) is 0 Å². The molecule has 0 spiro atoms. The zero-order valence-corrected chi connectivity index (χ0v) is 11.0. The fourth-order valence-corrected chi connectivity index (χ4v) is 0. The summed E-state index contributed by atoms with van der Waals surface area (Å²) in [4.78, 5) is 10.3. The summed E-state index contributed by atoms with van der Waals surface area (Å²) in [6.45, 7) is 8.58. The van der Waals surface area contributed by atoms with Crippen LogP contribution in [0.5, 0.6) is 0 Å². The molecule has 0 rings (SSSR count). The predicted molar refractivity (Wildman–Crippen MR) is 40.4 cm³/mol. The van der Waals surface area contributed by atoms with Crippen molar-refractivity contribution >= 4 is 5.78 Å². The van der Waals surface area contributed by atoms with Crippen LogP contribution in [-0.4, -0.2) is 11.3 Å². The first-order valence-electron chi connectivity index (χ1n) is 3.20. The molecule has 0 heterocycles. The fourth-order valence-electron chi connectivity index (χ4n) is 0. The van der Waals surface area contributed by atoms with Crippen LogP contribution in [0.1, 0.15) is 34.6 Å². The smallest absolute Gasteiger partial charge is 0.666 e. The molecule has 0 fully saturated rings. The molecule has 0 saturated heterocycles. The summed E-state index contributed by atoms with van der Waals surface area (Å²) in [6.07, 6.45) is 0. The molecule has 0 aromatic rings. The van der Waals surface area contributed by atoms with Gasteiger partial charge in [0.15, 0.2) is 0 Å². The summed E-state index contributed by atoms with van der Waals surface area (Å²) < 4.78 is 0. The Labute approximate surface area is 106 Å². The van der Waals surface area contributed by atoms with Crippen LogP contribution in [0.25, 0.3) is 5.73 Å². The number of carbonyl (C=O) groups is 1. The Balaban J connectivity index is -0.000000149. The summed E-state index contributed by atoms with van der Waals surface area (Å²) in [5.74, 6) is -0.0903. The number of ketones is 1. The fraction of sp³-hybridized carbons (Fsp3) is 0.857. The molecule has 10 heavy (non-hydrogen) atoms. The van der Waals surface area contributed by atoms with Gasteiger partial charge in [0.1, 0.15) is 5.78 Å². The quantitative estimate of drug-likeness (QED) is 0.485. The molecule has 3 heteroatoms. The number of carbonyl (C=O) groups excluding carboxylic acids is 1. The SMILES string of the molecule is CC.CC(=O)C(C)(C)[NH-].[K+]. The van der Waals surface area contributed by atoms with E-state index in [0.717, 1.165) is 0 Å². The summed E-state index contributed by atoms with van der Waals surface area (Å²) >= 11 is 0. The van der Waals surface area contributed by atoms with E-state index in [0.29, 0.717) is 0 Å². The van der Waals surface area contributed by atoms with Crippen LogP contribution < -0.4 is 51.4 Å². The van der Waals surface area contributed by atoms with Crippen LogP contribution >= 0.6 is 0 Å². The third kappa shape index (κ3) is 12.0. The molecule has 1 N–H and O–H groups in total. The van der Waals surface area contributed by atoms with E-state index in [2.05, 4.69) is 0 Å². The monoisotopic (exact) mass is 169 g/mol. The molecule has 0 radical (unpaired) electrons. The maximum absolute atomic E-state index is 10.3. The molecule has 56 valence electrons. The summed E-state index contributed by atoms with van der Waals surface area (Å²) in [5, 5.41) is 0. The van der Waals surface area contributed by atoms with Crippen LogP contribution in [0.2, 0.25) is 0 Å². The molecule has 0 aromatic carbocycles. The van der Waals surface area contributed by atoms with Crippen molar-refractivity contribution in [3.8, 4) is 0 Å². The number of rotatable bonds is 1. The van der Waals surface area contributed by atoms with Crippen LogP contribution in [0.15, 0.2) is 0 Å². The van der Waals surface area contributed by atoms with Crippen molar-refractivity contribution < 1.29 is 56.2 Å². The molecule has 0 atom stereocenters. The van der Waals surface area contributed by atoms with Crippen LogP contribution in [-0.2, 0) is 4.79 Å². The van der Waals surface area contributed by atoms with Gasteiger partial charge < -0.3 is 10.5 Å². The van der Waals surface area contributed by atoms with E-state index in [1.807, 2.05) is 13.8 Å². The minimum atomic E-state index is -0.889. The van der Waals surface area contributed by atoms with E-state index in [1.165, 1.54) is 6.92 Å². The van der Waals surface area contributed by atoms with Crippen LogP contribution in [0.4, 0.5) is 0 Å². The molecule has 0 unspecified atom stereocenters. The maximum atomic E-state index is 10.3. The summed E-state index contributed by atoms with van der Waals surface area (Å²) in [5.41, 5.74) is 6.15. The van der Waals surface area contributed by atoms with E-state index in [4.69, 9.17) is 5.73 Å². The van der Waals surface area contributed by atoms with Gasteiger partial charge in [-0.2, -0.15) is 0 Å². The Morgan fingerprint density at radius 1 is 1.30 bits per heavy atom. The van der Waals surface area contributed by atoms with Gasteiger partial charge in [0.05, 0.1) is 0 Å². The zero-order valence-electron chi connectivity index (χ0n) is 7.91. The largest absolute Gasteiger partial charge is 1.00 e. The van der Waals surface area contributed by atoms with Crippen molar-refractivity contribution in [1.82, 2.24) is 0 Å². The third-order valence-electron chi connectivity index (χ3n) is 0.880. The Bertz CT molecular complexity index is 86.1. The first-order chi connectivity index (χ1) is 3.94. The molecule has 0 aliphatic rings. The van der Waals surface area contributed by atoms with Crippen LogP contribution in [0.3, 0.4) is 0 Å². The Morgan fingerprint density at radius 2 is 1.40 bits per heavy atom. The zero-order chi connectivity index (χ0) is 8.08. The Morgan fingerprint density at radius 3 is 1.40 bits per heavy atom. The Hall–Kier alpha value is 1.27. The van der Waals surface area contributed by atoms with Gasteiger partial charge in [-0.3, -0.25) is 0 Å². The summed E-state index contributed by atoms with van der Waals surface area (Å²) in [7, 11) is 0. The van der Waals surface area contributed by atoms with Gasteiger partial charge in [-0.05, 0) is 6.92 Å². The molecular formula is C7H16KNO. The van der Waals surface area contributed by atoms with Gasteiger partial charge in [0, 0.05) is 0 Å². The molecule has 0 aliphatic heterocycles. The van der Waals surface area contributed by atoms with Gasteiger partial charge in [-0.1, -0.05) is 33.2 Å². The molecule has 0 bridgehead atoms. The summed E-state index contributed by atoms with van der Waals surface area (Å²) in [6, 6.07) is 0. The molecular weight excluding hydrogens is 153 g/mol. The van der Waals surface area contributed by atoms with Gasteiger partial charge >= 0.3 is 51.4 Å². The number of hydrogen-bond donors (Lipinski definition) is 0. The molecule has 0 amide bonds. The normalized spacial score (nSPS) is 8.60. The van der Waals surface area contributed by atoms with Crippen molar-refractivity contribution in [2.45, 2.75) is 40.2 Å². The molecule has 2 nitrogen and oxygen atoms in total. The van der Waals surface area contributed by atoms with Crippen molar-refractivity contribution in [1.29, 1.82) is 0 Å². The van der Waals surface area contributed by atoms with E-state index in [-0.39, 0.29) is 57.2 Å². The van der Waals surface area contributed by atoms with Gasteiger partial charge in [0.25, 0.3) is 0 Å². The van der Waals surface area contributed by atoms with E-state index < -0.39 is 5.54 Å². The standard InChI is InChI=1S/C5H10NO.C2H6.K/c1-4(7)5(2,3)6;1-2;/h6H,1-3H3;1-2H3;/q-1;;+1. The van der Waals surface area contributed by atoms with Crippen molar-refractivity contribution in [3.63, 3.8) is 0 Å². The minimum absolute atomic E-state index is 0. The first-order valence-corrected chi connectivity index (χ1v) is 3.20. The molecule has 0 saturated carbocycles. The van der Waals surface area contributed by atoms with E-state index in [9.17, 15) is 4.79 Å². The first kappa shape index (κ1) is 17.4. The molecule has 0 aromatic heterocycles. The maximum Gasteiger partial charge on any atom is 1.00 e. The van der Waals surface area contributed by atoms with Gasteiger partial charge in [-0.15, -0.1) is 0 Å². The van der Waals surface area contributed by atoms with Gasteiger partial charge in [0.2, 0.25) is 0 Å². The molecule has 0 aliphatic carbocycles. The number of nitrogens with one attached hydrogen (secondary N) is 1. The average molecular weight is 169 g/mol.